The van der Waals surface area contributed by atoms with Gasteiger partial charge in [-0.1, -0.05) is 11.6 Å². The van der Waals surface area contributed by atoms with E-state index in [0.29, 0.717) is 16.3 Å². The van der Waals surface area contributed by atoms with Gasteiger partial charge in [-0.15, -0.1) is 0 Å². The van der Waals surface area contributed by atoms with E-state index in [-0.39, 0.29) is 10.8 Å². The molecule has 9 heteroatoms. The van der Waals surface area contributed by atoms with Crippen molar-refractivity contribution in [2.45, 2.75) is 4.90 Å². The molecule has 1 amide bonds. The topological polar surface area (TPSA) is 81.7 Å². The minimum Gasteiger partial charge on any atom is -0.367 e. The number of piperazine rings is 1. The molecule has 3 rings (SSSR count). The predicted molar refractivity (Wildman–Crippen MR) is 112 cm³/mol. The molecule has 2 aromatic rings. The van der Waals surface area contributed by atoms with Gasteiger partial charge in [-0.3, -0.25) is 4.79 Å². The summed E-state index contributed by atoms with van der Waals surface area (Å²) in [5, 5.41) is 3.44. The van der Waals surface area contributed by atoms with Gasteiger partial charge in [0.15, 0.2) is 0 Å². The third-order valence-electron chi connectivity index (χ3n) is 4.75. The molecule has 0 radical (unpaired) electrons. The number of rotatable bonds is 5. The Balaban J connectivity index is 1.81. The van der Waals surface area contributed by atoms with Gasteiger partial charge in [0.25, 0.3) is 5.91 Å². The second-order valence-electron chi connectivity index (χ2n) is 6.64. The van der Waals surface area contributed by atoms with Crippen LogP contribution in [0.25, 0.3) is 0 Å². The number of sulfonamides is 1. The van der Waals surface area contributed by atoms with Gasteiger partial charge in [-0.2, -0.15) is 0 Å². The van der Waals surface area contributed by atoms with Crippen LogP contribution in [0.1, 0.15) is 10.4 Å². The van der Waals surface area contributed by atoms with Crippen LogP contribution in [0.2, 0.25) is 5.02 Å². The molecule has 1 heterocycles. The SMILES string of the molecule is CNS(=O)(=O)c1ccc(C(=O)Nc2cc(Cl)ccc2N2CCN(C)CC2)cc1. The molecule has 2 N–H and O–H groups in total. The van der Waals surface area contributed by atoms with Gasteiger partial charge < -0.3 is 15.1 Å². The second kappa shape index (κ2) is 8.48. The first-order valence-corrected chi connectivity index (χ1v) is 10.7. The molecule has 7 nitrogen and oxygen atoms in total. The summed E-state index contributed by atoms with van der Waals surface area (Å²) < 4.78 is 25.9. The molecular weight excluding hydrogens is 400 g/mol. The van der Waals surface area contributed by atoms with Crippen molar-refractivity contribution >= 4 is 38.9 Å². The molecule has 0 aliphatic carbocycles. The minimum atomic E-state index is -3.54. The van der Waals surface area contributed by atoms with Crippen molar-refractivity contribution in [1.82, 2.24) is 9.62 Å². The summed E-state index contributed by atoms with van der Waals surface area (Å²) in [5.74, 6) is -0.328. The Labute approximate surface area is 170 Å². The summed E-state index contributed by atoms with van der Waals surface area (Å²) >= 11 is 6.14. The van der Waals surface area contributed by atoms with E-state index >= 15 is 0 Å². The van der Waals surface area contributed by atoms with Crippen molar-refractivity contribution in [3.05, 3.63) is 53.1 Å². The van der Waals surface area contributed by atoms with Crippen molar-refractivity contribution in [1.29, 1.82) is 0 Å². The van der Waals surface area contributed by atoms with Crippen molar-refractivity contribution in [2.75, 3.05) is 50.5 Å². The average molecular weight is 423 g/mol. The zero-order valence-corrected chi connectivity index (χ0v) is 17.3. The number of halogens is 1. The maximum absolute atomic E-state index is 12.7. The third-order valence-corrected chi connectivity index (χ3v) is 6.41. The van der Waals surface area contributed by atoms with Crippen molar-refractivity contribution in [3.8, 4) is 0 Å². The highest BCUT2D eigenvalue weighted by Crippen LogP contribution is 2.30. The first kappa shape index (κ1) is 20.6. The van der Waals surface area contributed by atoms with E-state index in [9.17, 15) is 13.2 Å². The largest absolute Gasteiger partial charge is 0.367 e. The summed E-state index contributed by atoms with van der Waals surface area (Å²) in [6.07, 6.45) is 0. The maximum Gasteiger partial charge on any atom is 0.255 e. The highest BCUT2D eigenvalue weighted by molar-refractivity contribution is 7.89. The van der Waals surface area contributed by atoms with E-state index in [4.69, 9.17) is 11.6 Å². The number of nitrogens with one attached hydrogen (secondary N) is 2. The van der Waals surface area contributed by atoms with Gasteiger partial charge in [0, 0.05) is 36.8 Å². The molecule has 1 fully saturated rings. The van der Waals surface area contributed by atoms with E-state index in [1.54, 1.807) is 6.07 Å². The molecule has 150 valence electrons. The predicted octanol–water partition coefficient (Wildman–Crippen LogP) is 2.25. The lowest BCUT2D eigenvalue weighted by atomic mass is 10.1. The van der Waals surface area contributed by atoms with Crippen molar-refractivity contribution in [2.24, 2.45) is 0 Å². The van der Waals surface area contributed by atoms with Gasteiger partial charge in [-0.05, 0) is 56.6 Å². The number of likely N-dealkylation sites (N-methyl/N-ethyl adjacent to an activating group) is 1. The van der Waals surface area contributed by atoms with E-state index < -0.39 is 10.0 Å². The summed E-state index contributed by atoms with van der Waals surface area (Å²) in [5.41, 5.74) is 1.91. The number of anilines is 2. The molecule has 0 aromatic heterocycles. The molecule has 1 aliphatic heterocycles. The van der Waals surface area contributed by atoms with Crippen LogP contribution in [-0.2, 0) is 10.0 Å². The minimum absolute atomic E-state index is 0.104. The number of carbonyl (C=O) groups is 1. The Morgan fingerprint density at radius 3 is 2.29 bits per heavy atom. The lowest BCUT2D eigenvalue weighted by Crippen LogP contribution is -2.44. The van der Waals surface area contributed by atoms with Gasteiger partial charge >= 0.3 is 0 Å². The molecule has 2 aromatic carbocycles. The number of amides is 1. The molecule has 28 heavy (non-hydrogen) atoms. The van der Waals surface area contributed by atoms with Crippen LogP contribution in [0, 0.1) is 0 Å². The summed E-state index contributed by atoms with van der Waals surface area (Å²) in [6, 6.07) is 11.2. The Kier molecular flexibility index (Phi) is 6.24. The third kappa shape index (κ3) is 4.64. The van der Waals surface area contributed by atoms with E-state index in [2.05, 4.69) is 26.9 Å². The fourth-order valence-corrected chi connectivity index (χ4v) is 3.93. The van der Waals surface area contributed by atoms with Crippen LogP contribution in [-0.4, -0.2) is 59.5 Å². The molecule has 0 bridgehead atoms. The molecule has 1 saturated heterocycles. The second-order valence-corrected chi connectivity index (χ2v) is 8.96. The molecule has 1 aliphatic rings. The number of benzene rings is 2. The number of carbonyl (C=O) groups excluding carboxylic acids is 1. The van der Waals surface area contributed by atoms with Gasteiger partial charge in [-0.25, -0.2) is 13.1 Å². The Hall–Kier alpha value is -2.13. The monoisotopic (exact) mass is 422 g/mol. The Bertz CT molecular complexity index is 956. The standard InChI is InChI=1S/C19H23ClN4O3S/c1-21-28(26,27)16-6-3-14(4-7-16)19(25)22-17-13-15(20)5-8-18(17)24-11-9-23(2)10-12-24/h3-8,13,21H,9-12H2,1-2H3,(H,22,25). The highest BCUT2D eigenvalue weighted by atomic mass is 35.5. The number of nitrogens with zero attached hydrogens (tertiary/aromatic N) is 2. The molecule has 0 atom stereocenters. The molecule has 0 spiro atoms. The van der Waals surface area contributed by atoms with Crippen LogP contribution < -0.4 is 14.9 Å². The number of hydrogen-bond donors (Lipinski definition) is 2. The fourth-order valence-electron chi connectivity index (χ4n) is 3.03. The van der Waals surface area contributed by atoms with Gasteiger partial charge in [0.2, 0.25) is 10.0 Å². The first-order valence-electron chi connectivity index (χ1n) is 8.88. The van der Waals surface area contributed by atoms with Crippen LogP contribution in [0.5, 0.6) is 0 Å². The molecule has 0 unspecified atom stereocenters. The lowest BCUT2D eigenvalue weighted by molar-refractivity contribution is 0.102. The fraction of sp³-hybridized carbons (Fsp3) is 0.316. The quantitative estimate of drug-likeness (QED) is 0.772. The smallest absolute Gasteiger partial charge is 0.255 e. The molecule has 0 saturated carbocycles. The maximum atomic E-state index is 12.7. The Morgan fingerprint density at radius 1 is 1.04 bits per heavy atom. The van der Waals surface area contributed by atoms with Crippen LogP contribution in [0.4, 0.5) is 11.4 Å². The zero-order chi connectivity index (χ0) is 20.3. The van der Waals surface area contributed by atoms with E-state index in [1.165, 1.54) is 31.3 Å². The van der Waals surface area contributed by atoms with Crippen molar-refractivity contribution < 1.29 is 13.2 Å². The average Bonchev–Trinajstić information content (AvgIpc) is 2.69. The molecular formula is C19H23ClN4O3S. The van der Waals surface area contributed by atoms with Crippen LogP contribution in [0.15, 0.2) is 47.4 Å². The van der Waals surface area contributed by atoms with Gasteiger partial charge in [0.05, 0.1) is 16.3 Å². The zero-order valence-electron chi connectivity index (χ0n) is 15.8. The van der Waals surface area contributed by atoms with E-state index in [0.717, 1.165) is 31.9 Å². The van der Waals surface area contributed by atoms with Crippen LogP contribution in [0.3, 0.4) is 0 Å². The van der Waals surface area contributed by atoms with Crippen molar-refractivity contribution in [3.63, 3.8) is 0 Å². The number of hydrogen-bond acceptors (Lipinski definition) is 5. The van der Waals surface area contributed by atoms with Gasteiger partial charge in [0.1, 0.15) is 0 Å². The summed E-state index contributed by atoms with van der Waals surface area (Å²) in [7, 11) is -0.115. The van der Waals surface area contributed by atoms with Crippen LogP contribution >= 0.6 is 11.6 Å². The highest BCUT2D eigenvalue weighted by Gasteiger charge is 2.19. The normalized spacial score (nSPS) is 15.5. The van der Waals surface area contributed by atoms with E-state index in [1.807, 2.05) is 12.1 Å². The summed E-state index contributed by atoms with van der Waals surface area (Å²) in [4.78, 5) is 17.3. The Morgan fingerprint density at radius 2 is 1.68 bits per heavy atom. The lowest BCUT2D eigenvalue weighted by Gasteiger charge is -2.35. The first-order chi connectivity index (χ1) is 13.3. The summed E-state index contributed by atoms with van der Waals surface area (Å²) in [6.45, 7) is 3.60.